The largest absolute Gasteiger partial charge is 0.457 e. The number of hydrogen-bond donors (Lipinski definition) is 0. The Hall–Kier alpha value is -0.930. The summed E-state index contributed by atoms with van der Waals surface area (Å²) < 4.78 is 18.7. The van der Waals surface area contributed by atoms with Crippen molar-refractivity contribution in [2.24, 2.45) is 0 Å². The van der Waals surface area contributed by atoms with Gasteiger partial charge in [-0.05, 0) is 52.6 Å². The highest BCUT2D eigenvalue weighted by atomic mass is 79.9. The Kier molecular flexibility index (Phi) is 5.72. The smallest absolute Gasteiger partial charge is 0.441 e. The molecule has 1 unspecified atom stereocenters. The van der Waals surface area contributed by atoms with E-state index in [4.69, 9.17) is 9.57 Å². The van der Waals surface area contributed by atoms with Crippen LogP contribution < -0.4 is 0 Å². The molecule has 0 radical (unpaired) electrons. The number of amides is 1. The molecule has 1 amide bonds. The monoisotopic (exact) mass is 383 g/mol. The quantitative estimate of drug-likeness (QED) is 0.732. The lowest BCUT2D eigenvalue weighted by atomic mass is 10.2. The van der Waals surface area contributed by atoms with Crippen molar-refractivity contribution in [1.82, 2.24) is 4.47 Å². The van der Waals surface area contributed by atoms with Crippen molar-refractivity contribution in [3.63, 3.8) is 0 Å². The highest BCUT2D eigenvalue weighted by molar-refractivity contribution is 9.10. The number of nitrogens with zero attached hydrogens (tertiary/aromatic N) is 1. The van der Waals surface area contributed by atoms with Crippen molar-refractivity contribution in [2.75, 3.05) is 0 Å². The molecule has 0 saturated heterocycles. The molecular formula is C11H14BrNO5S2. The molecule has 0 saturated carbocycles. The van der Waals surface area contributed by atoms with E-state index in [1.54, 1.807) is 32.2 Å². The lowest BCUT2D eigenvalue weighted by Crippen LogP contribution is -2.39. The number of hydroxylamine groups is 1. The summed E-state index contributed by atoms with van der Waals surface area (Å²) in [6, 6.07) is 1.68. The van der Waals surface area contributed by atoms with Crippen LogP contribution in [-0.2, 0) is 25.4 Å². The van der Waals surface area contributed by atoms with E-state index in [0.29, 0.717) is 13.2 Å². The highest BCUT2D eigenvalue weighted by Crippen LogP contribution is 2.28. The number of thiophene rings is 1. The highest BCUT2D eigenvalue weighted by Gasteiger charge is 2.32. The van der Waals surface area contributed by atoms with Gasteiger partial charge in [0.1, 0.15) is 9.81 Å². The summed E-state index contributed by atoms with van der Waals surface area (Å²) in [4.78, 5) is 27.7. The van der Waals surface area contributed by atoms with Gasteiger partial charge < -0.3 is 9.57 Å². The number of hydrogen-bond acceptors (Lipinski definition) is 6. The van der Waals surface area contributed by atoms with Crippen LogP contribution in [0.5, 0.6) is 0 Å². The van der Waals surface area contributed by atoms with Gasteiger partial charge in [0.05, 0.1) is 0 Å². The fourth-order valence-corrected chi connectivity index (χ4v) is 3.98. The van der Waals surface area contributed by atoms with Crippen molar-refractivity contribution in [3.05, 3.63) is 15.9 Å². The molecule has 0 aliphatic heterocycles. The Morgan fingerprint density at radius 2 is 2.00 bits per heavy atom. The van der Waals surface area contributed by atoms with E-state index >= 15 is 0 Å². The zero-order valence-corrected chi connectivity index (χ0v) is 14.6. The molecule has 6 nitrogen and oxygen atoms in total. The molecule has 1 atom stereocenters. The third-order valence-corrected chi connectivity index (χ3v) is 5.32. The zero-order valence-electron chi connectivity index (χ0n) is 11.3. The summed E-state index contributed by atoms with van der Waals surface area (Å²) in [6.45, 7) is 6.07. The maximum absolute atomic E-state index is 12.3. The molecule has 1 rings (SSSR count). The molecule has 0 aliphatic carbocycles. The summed E-state index contributed by atoms with van der Waals surface area (Å²) in [7, 11) is -2.00. The summed E-state index contributed by atoms with van der Waals surface area (Å²) in [6.07, 6.45) is -0.994. The van der Waals surface area contributed by atoms with Gasteiger partial charge in [0.25, 0.3) is 0 Å². The van der Waals surface area contributed by atoms with Crippen LogP contribution in [0.1, 0.15) is 27.7 Å². The normalized spacial score (nSPS) is 12.7. The molecule has 0 N–H and O–H groups in total. The van der Waals surface area contributed by atoms with Crippen molar-refractivity contribution < 1.29 is 23.4 Å². The van der Waals surface area contributed by atoms with Crippen LogP contribution in [-0.4, -0.2) is 26.3 Å². The Morgan fingerprint density at radius 3 is 2.40 bits per heavy atom. The summed E-state index contributed by atoms with van der Waals surface area (Å²) in [5, 5.41) is 1.69. The third-order valence-electron chi connectivity index (χ3n) is 1.65. The first-order chi connectivity index (χ1) is 9.11. The van der Waals surface area contributed by atoms with Gasteiger partial charge >= 0.3 is 12.1 Å². The number of halogens is 1. The molecule has 0 aromatic carbocycles. The van der Waals surface area contributed by atoms with Gasteiger partial charge in [-0.15, -0.1) is 11.3 Å². The van der Waals surface area contributed by atoms with E-state index in [2.05, 4.69) is 15.9 Å². The Bertz CT molecular complexity index is 537. The first kappa shape index (κ1) is 17.1. The lowest BCUT2D eigenvalue weighted by Gasteiger charge is -2.24. The van der Waals surface area contributed by atoms with Crippen molar-refractivity contribution >= 4 is 50.3 Å². The third kappa shape index (κ3) is 4.88. The van der Waals surface area contributed by atoms with Crippen LogP contribution in [0.25, 0.3) is 0 Å². The number of ether oxygens (including phenoxy) is 1. The van der Waals surface area contributed by atoms with Gasteiger partial charge in [0.15, 0.2) is 0 Å². The Balaban J connectivity index is 3.01. The molecule has 1 aromatic rings. The molecular weight excluding hydrogens is 370 g/mol. The molecule has 0 bridgehead atoms. The second-order valence-corrected chi connectivity index (χ2v) is 7.89. The van der Waals surface area contributed by atoms with E-state index in [1.807, 2.05) is 0 Å². The van der Waals surface area contributed by atoms with Crippen molar-refractivity contribution in [1.29, 1.82) is 0 Å². The minimum atomic E-state index is -2.00. The summed E-state index contributed by atoms with van der Waals surface area (Å²) in [5.41, 5.74) is -0.799. The Morgan fingerprint density at radius 1 is 1.40 bits per heavy atom. The average Bonchev–Trinajstić information content (AvgIpc) is 2.68. The van der Waals surface area contributed by atoms with E-state index in [9.17, 15) is 13.8 Å². The molecule has 112 valence electrons. The number of carbonyl (C=O) groups excluding carboxylic acids is 2. The van der Waals surface area contributed by atoms with Crippen molar-refractivity contribution in [2.45, 2.75) is 37.5 Å². The van der Waals surface area contributed by atoms with Crippen LogP contribution >= 0.6 is 27.3 Å². The minimum absolute atomic E-state index is 0.345. The van der Waals surface area contributed by atoms with Gasteiger partial charge in [-0.1, -0.05) is 0 Å². The molecule has 1 heterocycles. The fraction of sp³-hybridized carbons (Fsp3) is 0.455. The van der Waals surface area contributed by atoms with Gasteiger partial charge in [-0.25, -0.2) is 13.8 Å². The average molecular weight is 384 g/mol. The molecule has 9 heteroatoms. The van der Waals surface area contributed by atoms with Crippen LogP contribution in [0.4, 0.5) is 4.79 Å². The molecule has 0 aliphatic rings. The Labute approximate surface area is 131 Å². The second-order valence-electron chi connectivity index (χ2n) is 4.63. The van der Waals surface area contributed by atoms with Gasteiger partial charge in [0, 0.05) is 11.4 Å². The molecule has 0 spiro atoms. The summed E-state index contributed by atoms with van der Waals surface area (Å²) in [5.74, 6) is -0.767. The maximum atomic E-state index is 12.3. The van der Waals surface area contributed by atoms with Crippen LogP contribution in [0.2, 0.25) is 0 Å². The number of rotatable bonds is 2. The molecule has 0 fully saturated rings. The SMILES string of the molecule is CC(=O)ON(C(=O)OC(C)(C)C)S(=O)c1sccc1Br. The van der Waals surface area contributed by atoms with Crippen molar-refractivity contribution in [3.8, 4) is 0 Å². The van der Waals surface area contributed by atoms with E-state index in [-0.39, 0.29) is 0 Å². The molecule has 1 aromatic heterocycles. The van der Waals surface area contributed by atoms with Gasteiger partial charge in [0.2, 0.25) is 11.0 Å². The predicted molar refractivity (Wildman–Crippen MR) is 78.3 cm³/mol. The van der Waals surface area contributed by atoms with Crippen LogP contribution in [0.15, 0.2) is 20.1 Å². The van der Waals surface area contributed by atoms with E-state index in [0.717, 1.165) is 18.3 Å². The fourth-order valence-electron chi connectivity index (χ4n) is 1.03. The van der Waals surface area contributed by atoms with E-state index < -0.39 is 28.6 Å². The molecule has 20 heavy (non-hydrogen) atoms. The first-order valence-electron chi connectivity index (χ1n) is 5.48. The lowest BCUT2D eigenvalue weighted by molar-refractivity contribution is -0.163. The van der Waals surface area contributed by atoms with Gasteiger partial charge in [-0.3, -0.25) is 0 Å². The maximum Gasteiger partial charge on any atom is 0.457 e. The number of carbonyl (C=O) groups is 2. The predicted octanol–water partition coefficient (Wildman–Crippen LogP) is 3.25. The van der Waals surface area contributed by atoms with Gasteiger partial charge in [-0.2, -0.15) is 0 Å². The van der Waals surface area contributed by atoms with Crippen LogP contribution in [0.3, 0.4) is 0 Å². The standard InChI is InChI=1S/C11H14BrNO5S2/c1-7(14)18-13(10(15)17-11(2,3)4)20(16)9-8(12)5-6-19-9/h5-6H,1-4H3. The summed E-state index contributed by atoms with van der Waals surface area (Å²) >= 11 is 4.37. The minimum Gasteiger partial charge on any atom is -0.441 e. The zero-order chi connectivity index (χ0) is 15.5. The van der Waals surface area contributed by atoms with E-state index in [1.165, 1.54) is 0 Å². The topological polar surface area (TPSA) is 72.9 Å². The van der Waals surface area contributed by atoms with Crippen LogP contribution in [0, 0.1) is 0 Å². The second kappa shape index (κ2) is 6.68. The first-order valence-corrected chi connectivity index (χ1v) is 8.26.